The molecule has 0 saturated carbocycles. The fourth-order valence-corrected chi connectivity index (χ4v) is 3.78. The molecule has 2 atom stereocenters. The first kappa shape index (κ1) is 15.2. The van der Waals surface area contributed by atoms with E-state index in [1.54, 1.807) is 6.07 Å². The van der Waals surface area contributed by atoms with E-state index < -0.39 is 0 Å². The van der Waals surface area contributed by atoms with Crippen molar-refractivity contribution < 1.29 is 13.9 Å². The van der Waals surface area contributed by atoms with Crippen LogP contribution in [-0.2, 0) is 9.47 Å². The second kappa shape index (κ2) is 6.21. The molecule has 1 spiro atoms. The van der Waals surface area contributed by atoms with E-state index in [4.69, 9.17) is 26.8 Å². The Hall–Kier alpha value is -0.680. The van der Waals surface area contributed by atoms with Crippen molar-refractivity contribution in [1.82, 2.24) is 0 Å². The molecule has 2 aliphatic rings. The molecule has 3 rings (SSSR count). The SMILES string of the molecule is NC(c1ccc(F)cc1Cl)C1CCOC2(CCOCC2)C1. The molecule has 3 nitrogen and oxygen atoms in total. The monoisotopic (exact) mass is 313 g/mol. The van der Waals surface area contributed by atoms with Gasteiger partial charge in [-0.1, -0.05) is 17.7 Å². The number of hydrogen-bond acceptors (Lipinski definition) is 3. The van der Waals surface area contributed by atoms with Crippen LogP contribution in [0.25, 0.3) is 0 Å². The van der Waals surface area contributed by atoms with Gasteiger partial charge in [-0.05, 0) is 49.3 Å². The highest BCUT2D eigenvalue weighted by Gasteiger charge is 2.41. The van der Waals surface area contributed by atoms with Gasteiger partial charge in [-0.2, -0.15) is 0 Å². The molecule has 0 bridgehead atoms. The first-order chi connectivity index (χ1) is 10.1. The summed E-state index contributed by atoms with van der Waals surface area (Å²) < 4.78 is 24.7. The van der Waals surface area contributed by atoms with Gasteiger partial charge in [-0.3, -0.25) is 0 Å². The van der Waals surface area contributed by atoms with Crippen LogP contribution < -0.4 is 5.73 Å². The lowest BCUT2D eigenvalue weighted by atomic mass is 9.76. The summed E-state index contributed by atoms with van der Waals surface area (Å²) >= 11 is 6.15. The molecule has 1 aromatic carbocycles. The molecule has 5 heteroatoms. The molecule has 2 saturated heterocycles. The van der Waals surface area contributed by atoms with E-state index in [1.165, 1.54) is 12.1 Å². The van der Waals surface area contributed by atoms with Crippen LogP contribution in [0.15, 0.2) is 18.2 Å². The molecule has 0 radical (unpaired) electrons. The number of hydrogen-bond donors (Lipinski definition) is 1. The van der Waals surface area contributed by atoms with E-state index in [-0.39, 0.29) is 17.5 Å². The van der Waals surface area contributed by atoms with E-state index >= 15 is 0 Å². The Kier molecular flexibility index (Phi) is 4.50. The van der Waals surface area contributed by atoms with Crippen LogP contribution >= 0.6 is 11.6 Å². The first-order valence-corrected chi connectivity index (χ1v) is 7.90. The van der Waals surface area contributed by atoms with Gasteiger partial charge >= 0.3 is 0 Å². The highest BCUT2D eigenvalue weighted by Crippen LogP contribution is 2.42. The zero-order chi connectivity index (χ0) is 14.9. The van der Waals surface area contributed by atoms with Crippen molar-refractivity contribution in [3.63, 3.8) is 0 Å². The van der Waals surface area contributed by atoms with Crippen molar-refractivity contribution >= 4 is 11.6 Å². The molecule has 2 N–H and O–H groups in total. The minimum atomic E-state index is -0.330. The molecule has 2 unspecified atom stereocenters. The summed E-state index contributed by atoms with van der Waals surface area (Å²) in [6, 6.07) is 4.28. The molecule has 2 aliphatic heterocycles. The molecule has 116 valence electrons. The van der Waals surface area contributed by atoms with Gasteiger partial charge in [0.1, 0.15) is 5.82 Å². The van der Waals surface area contributed by atoms with Crippen LogP contribution in [-0.4, -0.2) is 25.4 Å². The molecule has 1 aromatic rings. The first-order valence-electron chi connectivity index (χ1n) is 7.52. The standard InChI is InChI=1S/C16H21ClFNO2/c17-14-9-12(18)1-2-13(14)15(19)11-3-6-21-16(10-11)4-7-20-8-5-16/h1-2,9,11,15H,3-8,10,19H2. The molecule has 0 amide bonds. The number of rotatable bonds is 2. The third-order valence-electron chi connectivity index (χ3n) is 4.76. The van der Waals surface area contributed by atoms with Crippen molar-refractivity contribution in [1.29, 1.82) is 0 Å². The quantitative estimate of drug-likeness (QED) is 0.909. The fraction of sp³-hybridized carbons (Fsp3) is 0.625. The predicted octanol–water partition coefficient (Wildman–Crippen LogP) is 3.45. The van der Waals surface area contributed by atoms with Gasteiger partial charge in [0.05, 0.1) is 5.60 Å². The maximum absolute atomic E-state index is 13.2. The van der Waals surface area contributed by atoms with Gasteiger partial charge in [0.25, 0.3) is 0 Å². The minimum absolute atomic E-state index is 0.0920. The Morgan fingerprint density at radius 2 is 2.05 bits per heavy atom. The average Bonchev–Trinajstić information content (AvgIpc) is 2.47. The molecule has 0 aromatic heterocycles. The van der Waals surface area contributed by atoms with Crippen molar-refractivity contribution in [3.05, 3.63) is 34.6 Å². The predicted molar refractivity (Wildman–Crippen MR) is 79.8 cm³/mol. The van der Waals surface area contributed by atoms with Crippen LogP contribution in [0.2, 0.25) is 5.02 Å². The van der Waals surface area contributed by atoms with E-state index in [2.05, 4.69) is 0 Å². The summed E-state index contributed by atoms with van der Waals surface area (Å²) in [4.78, 5) is 0. The fourth-order valence-electron chi connectivity index (χ4n) is 3.49. The van der Waals surface area contributed by atoms with Crippen LogP contribution in [0.1, 0.15) is 37.3 Å². The summed E-state index contributed by atoms with van der Waals surface area (Å²) in [5.41, 5.74) is 7.15. The van der Waals surface area contributed by atoms with Crippen molar-refractivity contribution in [2.24, 2.45) is 11.7 Å². The van der Waals surface area contributed by atoms with E-state index in [0.717, 1.165) is 51.1 Å². The largest absolute Gasteiger partial charge is 0.381 e. The van der Waals surface area contributed by atoms with Crippen LogP contribution in [0, 0.1) is 11.7 Å². The Morgan fingerprint density at radius 1 is 1.29 bits per heavy atom. The van der Waals surface area contributed by atoms with Gasteiger partial charge in [-0.15, -0.1) is 0 Å². The molecular formula is C16H21ClFNO2. The smallest absolute Gasteiger partial charge is 0.124 e. The summed E-state index contributed by atoms with van der Waals surface area (Å²) in [5.74, 6) is -0.0244. The number of ether oxygens (including phenoxy) is 2. The zero-order valence-corrected chi connectivity index (χ0v) is 12.7. The minimum Gasteiger partial charge on any atom is -0.381 e. The lowest BCUT2D eigenvalue weighted by Gasteiger charge is -2.44. The van der Waals surface area contributed by atoms with Crippen LogP contribution in [0.3, 0.4) is 0 Å². The summed E-state index contributed by atoms with van der Waals surface area (Å²) in [6.45, 7) is 2.22. The average molecular weight is 314 g/mol. The van der Waals surface area contributed by atoms with Gasteiger partial charge in [0, 0.05) is 30.9 Å². The molecule has 0 aliphatic carbocycles. The van der Waals surface area contributed by atoms with Gasteiger partial charge in [-0.25, -0.2) is 4.39 Å². The summed E-state index contributed by atoms with van der Waals surface area (Å²) in [6.07, 6.45) is 3.68. The second-order valence-corrected chi connectivity index (χ2v) is 6.50. The van der Waals surface area contributed by atoms with Crippen LogP contribution in [0.4, 0.5) is 4.39 Å². The zero-order valence-electron chi connectivity index (χ0n) is 12.0. The summed E-state index contributed by atoms with van der Waals surface area (Å²) in [5, 5.41) is 0.412. The molecular weight excluding hydrogens is 293 g/mol. The topological polar surface area (TPSA) is 44.5 Å². The highest BCUT2D eigenvalue weighted by molar-refractivity contribution is 6.31. The Morgan fingerprint density at radius 3 is 2.76 bits per heavy atom. The van der Waals surface area contributed by atoms with Crippen LogP contribution in [0.5, 0.6) is 0 Å². The van der Waals surface area contributed by atoms with E-state index in [1.807, 2.05) is 0 Å². The lowest BCUT2D eigenvalue weighted by Crippen LogP contribution is -2.46. The van der Waals surface area contributed by atoms with Gasteiger partial charge in [0.2, 0.25) is 0 Å². The molecule has 2 heterocycles. The maximum atomic E-state index is 13.2. The van der Waals surface area contributed by atoms with Crippen molar-refractivity contribution in [2.45, 2.75) is 37.3 Å². The normalized spacial score (nSPS) is 26.7. The number of benzene rings is 1. The summed E-state index contributed by atoms with van der Waals surface area (Å²) in [7, 11) is 0. The van der Waals surface area contributed by atoms with Gasteiger partial charge < -0.3 is 15.2 Å². The second-order valence-electron chi connectivity index (χ2n) is 6.09. The Balaban J connectivity index is 1.76. The lowest BCUT2D eigenvalue weighted by molar-refractivity contribution is -0.149. The third-order valence-corrected chi connectivity index (χ3v) is 5.09. The molecule has 2 fully saturated rings. The number of halogens is 2. The van der Waals surface area contributed by atoms with E-state index in [9.17, 15) is 4.39 Å². The Labute approximate surface area is 129 Å². The van der Waals surface area contributed by atoms with Gasteiger partial charge in [0.15, 0.2) is 0 Å². The maximum Gasteiger partial charge on any atom is 0.124 e. The highest BCUT2D eigenvalue weighted by atomic mass is 35.5. The van der Waals surface area contributed by atoms with Crippen molar-refractivity contribution in [3.8, 4) is 0 Å². The van der Waals surface area contributed by atoms with Crippen molar-refractivity contribution in [2.75, 3.05) is 19.8 Å². The third kappa shape index (κ3) is 3.24. The molecule has 21 heavy (non-hydrogen) atoms. The Bertz CT molecular complexity index is 500. The number of nitrogens with two attached hydrogens (primary N) is 1. The van der Waals surface area contributed by atoms with E-state index in [0.29, 0.717) is 10.9 Å².